The normalized spacial score (nSPS) is 24.1. The minimum atomic E-state index is 0.0931. The van der Waals surface area contributed by atoms with Gasteiger partial charge in [0.15, 0.2) is 0 Å². The van der Waals surface area contributed by atoms with Crippen LogP contribution >= 0.6 is 0 Å². The van der Waals surface area contributed by atoms with Crippen LogP contribution < -0.4 is 10.6 Å². The van der Waals surface area contributed by atoms with Crippen molar-refractivity contribution in [2.24, 2.45) is 5.92 Å². The third-order valence-electron chi connectivity index (χ3n) is 1.86. The molecule has 1 aliphatic rings. The van der Waals surface area contributed by atoms with Gasteiger partial charge in [-0.3, -0.25) is 4.79 Å². The maximum absolute atomic E-state index is 11.1. The molecule has 0 spiro atoms. The molecular weight excluding hydrogens is 140 g/mol. The van der Waals surface area contributed by atoms with Crippen LogP contribution in [0.4, 0.5) is 0 Å². The van der Waals surface area contributed by atoms with Crippen molar-refractivity contribution in [3.05, 3.63) is 0 Å². The summed E-state index contributed by atoms with van der Waals surface area (Å²) in [7, 11) is 0. The second-order valence-corrected chi connectivity index (χ2v) is 3.28. The topological polar surface area (TPSA) is 43.2 Å². The molecular formula is C8H15N2O. The SMILES string of the molecule is CC(C)C(=O)NC1CC[N]C1. The van der Waals surface area contributed by atoms with E-state index in [9.17, 15) is 4.79 Å². The monoisotopic (exact) mass is 155 g/mol. The van der Waals surface area contributed by atoms with Crippen LogP contribution in [0.2, 0.25) is 0 Å². The zero-order valence-corrected chi connectivity index (χ0v) is 7.13. The number of nitrogens with zero attached hydrogens (tertiary/aromatic N) is 1. The lowest BCUT2D eigenvalue weighted by atomic mass is 10.2. The minimum Gasteiger partial charge on any atom is -0.352 e. The van der Waals surface area contributed by atoms with E-state index in [-0.39, 0.29) is 11.8 Å². The molecule has 1 aliphatic heterocycles. The zero-order valence-electron chi connectivity index (χ0n) is 7.13. The lowest BCUT2D eigenvalue weighted by Crippen LogP contribution is -2.38. The molecule has 63 valence electrons. The molecule has 11 heavy (non-hydrogen) atoms. The second kappa shape index (κ2) is 3.72. The molecule has 1 rings (SSSR count). The Bertz CT molecular complexity index is 139. The molecule has 1 N–H and O–H groups in total. The summed E-state index contributed by atoms with van der Waals surface area (Å²) in [4.78, 5) is 11.1. The molecule has 1 radical (unpaired) electrons. The van der Waals surface area contributed by atoms with Gasteiger partial charge < -0.3 is 5.32 Å². The van der Waals surface area contributed by atoms with E-state index >= 15 is 0 Å². The molecule has 1 heterocycles. The highest BCUT2D eigenvalue weighted by Crippen LogP contribution is 2.00. The maximum atomic E-state index is 11.1. The van der Waals surface area contributed by atoms with Crippen molar-refractivity contribution < 1.29 is 4.79 Å². The van der Waals surface area contributed by atoms with Crippen molar-refractivity contribution in [1.82, 2.24) is 10.6 Å². The third-order valence-corrected chi connectivity index (χ3v) is 1.86. The Kier molecular flexibility index (Phi) is 2.88. The van der Waals surface area contributed by atoms with Crippen LogP contribution in [0.25, 0.3) is 0 Å². The average Bonchev–Trinajstić information content (AvgIpc) is 2.39. The highest BCUT2D eigenvalue weighted by molar-refractivity contribution is 5.78. The van der Waals surface area contributed by atoms with Crippen LogP contribution in [0.3, 0.4) is 0 Å². The molecule has 0 aromatic carbocycles. The van der Waals surface area contributed by atoms with Gasteiger partial charge in [-0.1, -0.05) is 13.8 Å². The number of carbonyl (C=O) groups is 1. The average molecular weight is 155 g/mol. The van der Waals surface area contributed by atoms with Crippen molar-refractivity contribution in [2.45, 2.75) is 26.3 Å². The van der Waals surface area contributed by atoms with Crippen LogP contribution in [0, 0.1) is 5.92 Å². The molecule has 0 bridgehead atoms. The fourth-order valence-corrected chi connectivity index (χ4v) is 1.07. The van der Waals surface area contributed by atoms with Gasteiger partial charge in [0.1, 0.15) is 0 Å². The lowest BCUT2D eigenvalue weighted by molar-refractivity contribution is -0.124. The summed E-state index contributed by atoms with van der Waals surface area (Å²) in [5, 5.41) is 7.11. The van der Waals surface area contributed by atoms with Gasteiger partial charge in [0.25, 0.3) is 0 Å². The van der Waals surface area contributed by atoms with E-state index in [0.29, 0.717) is 6.04 Å². The Morgan fingerprint density at radius 3 is 2.82 bits per heavy atom. The summed E-state index contributed by atoms with van der Waals surface area (Å²) in [5.74, 6) is 0.239. The summed E-state index contributed by atoms with van der Waals surface area (Å²) in [5.41, 5.74) is 0. The van der Waals surface area contributed by atoms with Crippen LogP contribution in [-0.4, -0.2) is 25.0 Å². The molecule has 0 aromatic rings. The third kappa shape index (κ3) is 2.50. The van der Waals surface area contributed by atoms with Gasteiger partial charge in [0.2, 0.25) is 5.91 Å². The van der Waals surface area contributed by atoms with Crippen molar-refractivity contribution >= 4 is 5.91 Å². The molecule has 3 nitrogen and oxygen atoms in total. The summed E-state index contributed by atoms with van der Waals surface area (Å²) >= 11 is 0. The van der Waals surface area contributed by atoms with E-state index in [1.54, 1.807) is 0 Å². The zero-order chi connectivity index (χ0) is 8.27. The maximum Gasteiger partial charge on any atom is 0.222 e. The Balaban J connectivity index is 2.24. The Hall–Kier alpha value is -0.570. The van der Waals surface area contributed by atoms with Crippen LogP contribution in [-0.2, 0) is 4.79 Å². The summed E-state index contributed by atoms with van der Waals surface area (Å²) in [6, 6.07) is 0.310. The molecule has 1 unspecified atom stereocenters. The molecule has 0 saturated carbocycles. The van der Waals surface area contributed by atoms with Crippen LogP contribution in [0.1, 0.15) is 20.3 Å². The van der Waals surface area contributed by atoms with Gasteiger partial charge in [-0.2, -0.15) is 0 Å². The van der Waals surface area contributed by atoms with Crippen LogP contribution in [0.5, 0.6) is 0 Å². The van der Waals surface area contributed by atoms with E-state index in [0.717, 1.165) is 19.5 Å². The first-order valence-corrected chi connectivity index (χ1v) is 4.14. The highest BCUT2D eigenvalue weighted by atomic mass is 16.1. The van der Waals surface area contributed by atoms with Crippen molar-refractivity contribution in [2.75, 3.05) is 13.1 Å². The van der Waals surface area contributed by atoms with Gasteiger partial charge in [0.05, 0.1) is 0 Å². The van der Waals surface area contributed by atoms with E-state index in [4.69, 9.17) is 0 Å². The van der Waals surface area contributed by atoms with Crippen molar-refractivity contribution in [1.29, 1.82) is 0 Å². The van der Waals surface area contributed by atoms with E-state index in [2.05, 4.69) is 10.6 Å². The second-order valence-electron chi connectivity index (χ2n) is 3.28. The number of hydrogen-bond acceptors (Lipinski definition) is 1. The number of nitrogens with one attached hydrogen (secondary N) is 1. The first-order valence-electron chi connectivity index (χ1n) is 4.14. The van der Waals surface area contributed by atoms with Gasteiger partial charge in [-0.25, -0.2) is 5.32 Å². The highest BCUT2D eigenvalue weighted by Gasteiger charge is 2.18. The standard InChI is InChI=1S/C8H15N2O/c1-6(2)8(11)10-7-3-4-9-5-7/h6-7H,3-5H2,1-2H3,(H,10,11). The number of carbonyl (C=O) groups excluding carboxylic acids is 1. The quantitative estimate of drug-likeness (QED) is 0.605. The Morgan fingerprint density at radius 2 is 2.36 bits per heavy atom. The van der Waals surface area contributed by atoms with E-state index < -0.39 is 0 Å². The molecule has 0 aliphatic carbocycles. The van der Waals surface area contributed by atoms with E-state index in [1.165, 1.54) is 0 Å². The molecule has 0 aromatic heterocycles. The van der Waals surface area contributed by atoms with Gasteiger partial charge in [0, 0.05) is 25.0 Å². The largest absolute Gasteiger partial charge is 0.352 e. The first-order chi connectivity index (χ1) is 5.20. The van der Waals surface area contributed by atoms with Gasteiger partial charge in [-0.15, -0.1) is 0 Å². The predicted molar refractivity (Wildman–Crippen MR) is 43.3 cm³/mol. The Morgan fingerprint density at radius 1 is 1.64 bits per heavy atom. The molecule has 1 saturated heterocycles. The summed E-state index contributed by atoms with van der Waals surface area (Å²) < 4.78 is 0. The predicted octanol–water partition coefficient (Wildman–Crippen LogP) is 0.135. The van der Waals surface area contributed by atoms with Crippen LogP contribution in [0.15, 0.2) is 0 Å². The van der Waals surface area contributed by atoms with Gasteiger partial charge in [-0.05, 0) is 6.42 Å². The molecule has 3 heteroatoms. The first kappa shape index (κ1) is 8.53. The fourth-order valence-electron chi connectivity index (χ4n) is 1.07. The summed E-state index contributed by atoms with van der Waals surface area (Å²) in [6.45, 7) is 5.52. The minimum absolute atomic E-state index is 0.0931. The van der Waals surface area contributed by atoms with E-state index in [1.807, 2.05) is 13.8 Å². The number of rotatable bonds is 2. The Labute approximate surface area is 67.5 Å². The van der Waals surface area contributed by atoms with Gasteiger partial charge >= 0.3 is 0 Å². The van der Waals surface area contributed by atoms with Crippen molar-refractivity contribution in [3.63, 3.8) is 0 Å². The van der Waals surface area contributed by atoms with Crippen molar-refractivity contribution in [3.8, 4) is 0 Å². The summed E-state index contributed by atoms with van der Waals surface area (Å²) in [6.07, 6.45) is 1.01. The molecule has 1 atom stereocenters. The number of amides is 1. The molecule has 1 fully saturated rings. The molecule has 1 amide bonds. The smallest absolute Gasteiger partial charge is 0.222 e. The number of hydrogen-bond donors (Lipinski definition) is 1. The fraction of sp³-hybridized carbons (Fsp3) is 0.875. The lowest BCUT2D eigenvalue weighted by Gasteiger charge is -2.12.